The third-order valence-corrected chi connectivity index (χ3v) is 6.21. The molecule has 5 nitrogen and oxygen atoms in total. The molecule has 0 radical (unpaired) electrons. The molecule has 0 saturated heterocycles. The molecule has 2 heterocycles. The van der Waals surface area contributed by atoms with E-state index in [4.69, 9.17) is 11.6 Å². The zero-order valence-electron chi connectivity index (χ0n) is 12.3. The van der Waals surface area contributed by atoms with E-state index in [2.05, 4.69) is 10.3 Å². The van der Waals surface area contributed by atoms with Crippen LogP contribution < -0.4 is 5.32 Å². The van der Waals surface area contributed by atoms with E-state index in [1.807, 2.05) is 6.07 Å². The summed E-state index contributed by atoms with van der Waals surface area (Å²) in [4.78, 5) is 29.5. The molecule has 2 N–H and O–H groups in total. The van der Waals surface area contributed by atoms with Crippen LogP contribution in [0.1, 0.15) is 34.6 Å². The predicted octanol–water partition coefficient (Wildman–Crippen LogP) is 3.82. The fourth-order valence-corrected chi connectivity index (χ4v) is 4.34. The molecule has 0 spiro atoms. The summed E-state index contributed by atoms with van der Waals surface area (Å²) in [6.45, 7) is 1.75. The maximum Gasteiger partial charge on any atom is 0.326 e. The van der Waals surface area contributed by atoms with E-state index < -0.39 is 12.0 Å². The summed E-state index contributed by atoms with van der Waals surface area (Å²) in [6, 6.07) is 2.81. The Labute approximate surface area is 146 Å². The first-order valence-corrected chi connectivity index (χ1v) is 9.22. The van der Waals surface area contributed by atoms with Gasteiger partial charge in [0, 0.05) is 0 Å². The Morgan fingerprint density at radius 3 is 2.74 bits per heavy atom. The first-order valence-electron chi connectivity index (χ1n) is 7.21. The van der Waals surface area contributed by atoms with Crippen LogP contribution in [0.25, 0.3) is 9.88 Å². The summed E-state index contributed by atoms with van der Waals surface area (Å²) in [6.07, 6.45) is 2.58. The number of aromatic nitrogens is 1. The maximum absolute atomic E-state index is 12.4. The number of carboxylic acid groups (broad SMARTS) is 1. The largest absolute Gasteiger partial charge is 0.480 e. The van der Waals surface area contributed by atoms with Crippen LogP contribution in [0, 0.1) is 12.8 Å². The molecule has 0 bridgehead atoms. The molecule has 8 heteroatoms. The minimum atomic E-state index is -0.988. The highest BCUT2D eigenvalue weighted by Crippen LogP contribution is 2.35. The van der Waals surface area contributed by atoms with Gasteiger partial charge in [-0.05, 0) is 31.4 Å². The van der Waals surface area contributed by atoms with Gasteiger partial charge in [-0.3, -0.25) is 4.79 Å². The van der Waals surface area contributed by atoms with Gasteiger partial charge in [-0.2, -0.15) is 0 Å². The second-order valence-corrected chi connectivity index (χ2v) is 8.29. The Balaban J connectivity index is 1.76. The molecule has 1 aliphatic rings. The summed E-state index contributed by atoms with van der Waals surface area (Å²) >= 11 is 8.58. The summed E-state index contributed by atoms with van der Waals surface area (Å²) in [5.41, 5.74) is 0.600. The van der Waals surface area contributed by atoms with E-state index in [-0.39, 0.29) is 5.91 Å². The van der Waals surface area contributed by atoms with Gasteiger partial charge >= 0.3 is 5.97 Å². The summed E-state index contributed by atoms with van der Waals surface area (Å²) in [7, 11) is 0. The predicted molar refractivity (Wildman–Crippen MR) is 91.4 cm³/mol. The molecule has 1 unspecified atom stereocenters. The molecule has 1 saturated carbocycles. The standard InChI is InChI=1S/C15H15ClN2O3S2/c1-7-12(23-14(17-7)10-4-5-11(16)22-10)13(19)18-9(15(20)21)6-8-2-3-8/h4-5,8-9H,2-3,6H2,1H3,(H,18,19)(H,20,21). The number of aliphatic carboxylic acids is 1. The van der Waals surface area contributed by atoms with Crippen LogP contribution >= 0.6 is 34.3 Å². The summed E-state index contributed by atoms with van der Waals surface area (Å²) < 4.78 is 0.661. The van der Waals surface area contributed by atoms with Crippen molar-refractivity contribution in [1.29, 1.82) is 0 Å². The average molecular weight is 371 g/mol. The SMILES string of the molecule is Cc1nc(-c2ccc(Cl)s2)sc1C(=O)NC(CC1CC1)C(=O)O. The van der Waals surface area contributed by atoms with Crippen LogP contribution in [-0.2, 0) is 4.79 Å². The van der Waals surface area contributed by atoms with Gasteiger partial charge in [0.1, 0.15) is 15.9 Å². The Bertz CT molecular complexity index is 752. The number of carbonyl (C=O) groups excluding carboxylic acids is 1. The number of aryl methyl sites for hydroxylation is 1. The number of carbonyl (C=O) groups is 2. The summed E-state index contributed by atoms with van der Waals surface area (Å²) in [5.74, 6) is -0.942. The van der Waals surface area contributed by atoms with Crippen LogP contribution in [0.4, 0.5) is 0 Å². The lowest BCUT2D eigenvalue weighted by Crippen LogP contribution is -2.41. The number of hydrogen-bond acceptors (Lipinski definition) is 5. The van der Waals surface area contributed by atoms with Crippen LogP contribution in [0.5, 0.6) is 0 Å². The fourth-order valence-electron chi connectivity index (χ4n) is 2.27. The van der Waals surface area contributed by atoms with Gasteiger partial charge in [-0.25, -0.2) is 9.78 Å². The van der Waals surface area contributed by atoms with Crippen LogP contribution in [0.3, 0.4) is 0 Å². The number of thiazole rings is 1. The second-order valence-electron chi connectivity index (χ2n) is 5.58. The lowest BCUT2D eigenvalue weighted by atomic mass is 10.1. The highest BCUT2D eigenvalue weighted by molar-refractivity contribution is 7.24. The Morgan fingerprint density at radius 1 is 1.43 bits per heavy atom. The molecule has 0 aliphatic heterocycles. The molecular formula is C15H15ClN2O3S2. The molecule has 3 rings (SSSR count). The smallest absolute Gasteiger partial charge is 0.326 e. The van der Waals surface area contributed by atoms with E-state index in [0.717, 1.165) is 22.7 Å². The fraction of sp³-hybridized carbons (Fsp3) is 0.400. The number of carboxylic acids is 1. The third kappa shape index (κ3) is 3.91. The van der Waals surface area contributed by atoms with Crippen molar-refractivity contribution in [3.63, 3.8) is 0 Å². The van der Waals surface area contributed by atoms with Crippen molar-refractivity contribution in [2.75, 3.05) is 0 Å². The van der Waals surface area contributed by atoms with Gasteiger partial charge in [-0.1, -0.05) is 24.4 Å². The van der Waals surface area contributed by atoms with Crippen molar-refractivity contribution >= 4 is 46.2 Å². The van der Waals surface area contributed by atoms with Crippen LogP contribution in [0.2, 0.25) is 4.34 Å². The van der Waals surface area contributed by atoms with Gasteiger partial charge in [0.05, 0.1) is 14.9 Å². The van der Waals surface area contributed by atoms with Crippen LogP contribution in [0.15, 0.2) is 12.1 Å². The molecule has 0 aromatic carbocycles. The van der Waals surface area contributed by atoms with Gasteiger partial charge < -0.3 is 10.4 Å². The zero-order chi connectivity index (χ0) is 16.6. The number of hydrogen-bond donors (Lipinski definition) is 2. The van der Waals surface area contributed by atoms with E-state index >= 15 is 0 Å². The molecule has 1 fully saturated rings. The number of halogens is 1. The number of amides is 1. The van der Waals surface area contributed by atoms with Gasteiger partial charge in [0.15, 0.2) is 0 Å². The van der Waals surface area contributed by atoms with Gasteiger partial charge in [0.25, 0.3) is 5.91 Å². The highest BCUT2D eigenvalue weighted by Gasteiger charge is 2.31. The zero-order valence-corrected chi connectivity index (χ0v) is 14.7. The summed E-state index contributed by atoms with van der Waals surface area (Å²) in [5, 5.41) is 12.6. The molecule has 1 aliphatic carbocycles. The maximum atomic E-state index is 12.4. The van der Waals surface area contributed by atoms with Crippen molar-refractivity contribution in [2.45, 2.75) is 32.2 Å². The lowest BCUT2D eigenvalue weighted by molar-refractivity contribution is -0.139. The normalized spacial score (nSPS) is 15.4. The first-order chi connectivity index (χ1) is 10.9. The molecule has 2 aromatic heterocycles. The van der Waals surface area contributed by atoms with E-state index in [1.54, 1.807) is 13.0 Å². The topological polar surface area (TPSA) is 79.3 Å². The number of thiophene rings is 1. The van der Waals surface area contributed by atoms with E-state index in [1.165, 1.54) is 22.7 Å². The molecule has 2 aromatic rings. The van der Waals surface area contributed by atoms with Crippen molar-refractivity contribution in [3.05, 3.63) is 27.0 Å². The Kier molecular flexibility index (Phi) is 4.70. The number of nitrogens with one attached hydrogen (secondary N) is 1. The Morgan fingerprint density at radius 2 is 2.17 bits per heavy atom. The highest BCUT2D eigenvalue weighted by atomic mass is 35.5. The molecule has 23 heavy (non-hydrogen) atoms. The first kappa shape index (κ1) is 16.4. The second kappa shape index (κ2) is 6.59. The Hall–Kier alpha value is -1.44. The van der Waals surface area contributed by atoms with Crippen molar-refractivity contribution in [3.8, 4) is 9.88 Å². The van der Waals surface area contributed by atoms with Gasteiger partial charge in [-0.15, -0.1) is 22.7 Å². The lowest BCUT2D eigenvalue weighted by Gasteiger charge is -2.13. The minimum absolute atomic E-state index is 0.373. The van der Waals surface area contributed by atoms with E-state index in [9.17, 15) is 14.7 Å². The van der Waals surface area contributed by atoms with Crippen LogP contribution in [-0.4, -0.2) is 28.0 Å². The quantitative estimate of drug-likeness (QED) is 0.810. The number of nitrogens with zero attached hydrogens (tertiary/aromatic N) is 1. The minimum Gasteiger partial charge on any atom is -0.480 e. The monoisotopic (exact) mass is 370 g/mol. The van der Waals surface area contributed by atoms with Crippen molar-refractivity contribution in [2.24, 2.45) is 5.92 Å². The van der Waals surface area contributed by atoms with Crippen molar-refractivity contribution in [1.82, 2.24) is 10.3 Å². The van der Waals surface area contributed by atoms with Crippen molar-refractivity contribution < 1.29 is 14.7 Å². The van der Waals surface area contributed by atoms with E-state index in [0.29, 0.717) is 27.2 Å². The molecule has 122 valence electrons. The molecule has 1 amide bonds. The molecule has 1 atom stereocenters. The molecular weight excluding hydrogens is 356 g/mol. The van der Waals surface area contributed by atoms with Gasteiger partial charge in [0.2, 0.25) is 0 Å². The third-order valence-electron chi connectivity index (χ3n) is 3.66. The number of rotatable bonds is 6. The average Bonchev–Trinajstić information content (AvgIpc) is 3.06.